The van der Waals surface area contributed by atoms with E-state index in [4.69, 9.17) is 5.11 Å². The second-order valence-corrected chi connectivity index (χ2v) is 4.69. The van der Waals surface area contributed by atoms with Crippen molar-refractivity contribution in [1.82, 2.24) is 19.9 Å². The first kappa shape index (κ1) is 16.1. The third kappa shape index (κ3) is 4.99. The van der Waals surface area contributed by atoms with Gasteiger partial charge < -0.3 is 10.0 Å². The Morgan fingerprint density at radius 2 is 1.85 bits per heavy atom. The summed E-state index contributed by atoms with van der Waals surface area (Å²) < 4.78 is 1.16. The molecule has 0 aromatic carbocycles. The molecule has 1 rings (SSSR count). The van der Waals surface area contributed by atoms with E-state index in [9.17, 15) is 9.59 Å². The zero-order valence-corrected chi connectivity index (χ0v) is 12.1. The van der Waals surface area contributed by atoms with E-state index in [-0.39, 0.29) is 18.1 Å². The summed E-state index contributed by atoms with van der Waals surface area (Å²) in [7, 11) is 0. The average Bonchev–Trinajstić information content (AvgIpc) is 2.86. The van der Waals surface area contributed by atoms with Gasteiger partial charge in [-0.1, -0.05) is 31.9 Å². The first-order valence-corrected chi connectivity index (χ1v) is 6.99. The van der Waals surface area contributed by atoms with Crippen molar-refractivity contribution in [2.75, 3.05) is 13.1 Å². The van der Waals surface area contributed by atoms with E-state index in [0.717, 1.165) is 30.4 Å². The third-order valence-corrected chi connectivity index (χ3v) is 2.91. The molecular formula is C13H22N4O3. The Hall–Kier alpha value is -1.92. The number of rotatable bonds is 9. The number of carbonyl (C=O) groups is 2. The van der Waals surface area contributed by atoms with Gasteiger partial charge in [0.15, 0.2) is 5.69 Å². The Balaban J connectivity index is 2.71. The number of aromatic nitrogens is 3. The van der Waals surface area contributed by atoms with Crippen LogP contribution < -0.4 is 0 Å². The van der Waals surface area contributed by atoms with Gasteiger partial charge in [-0.2, -0.15) is 0 Å². The quantitative estimate of drug-likeness (QED) is 0.739. The molecular weight excluding hydrogens is 260 g/mol. The Kier molecular flexibility index (Phi) is 6.69. The number of amides is 1. The van der Waals surface area contributed by atoms with Crippen LogP contribution in [-0.2, 0) is 11.3 Å². The van der Waals surface area contributed by atoms with Crippen LogP contribution in [0.2, 0.25) is 0 Å². The molecule has 1 N–H and O–H groups in total. The summed E-state index contributed by atoms with van der Waals surface area (Å²) in [5, 5.41) is 16.1. The molecule has 20 heavy (non-hydrogen) atoms. The van der Waals surface area contributed by atoms with Crippen molar-refractivity contribution in [3.63, 3.8) is 0 Å². The highest BCUT2D eigenvalue weighted by atomic mass is 16.4. The van der Waals surface area contributed by atoms with E-state index in [1.54, 1.807) is 4.90 Å². The van der Waals surface area contributed by atoms with Gasteiger partial charge in [0, 0.05) is 13.1 Å². The number of unbranched alkanes of at least 4 members (excludes halogenated alkanes) is 2. The van der Waals surface area contributed by atoms with Crippen LogP contribution in [0.1, 0.15) is 50.0 Å². The molecule has 0 saturated carbocycles. The Morgan fingerprint density at radius 3 is 2.35 bits per heavy atom. The smallest absolute Gasteiger partial charge is 0.325 e. The highest BCUT2D eigenvalue weighted by Gasteiger charge is 2.18. The normalized spacial score (nSPS) is 10.5. The van der Waals surface area contributed by atoms with Crippen LogP contribution in [0, 0.1) is 0 Å². The number of carboxylic acid groups (broad SMARTS) is 1. The molecule has 0 bridgehead atoms. The fraction of sp³-hybridized carbons (Fsp3) is 0.692. The highest BCUT2D eigenvalue weighted by Crippen LogP contribution is 2.05. The van der Waals surface area contributed by atoms with Crippen molar-refractivity contribution >= 4 is 11.9 Å². The van der Waals surface area contributed by atoms with Gasteiger partial charge in [-0.15, -0.1) is 5.10 Å². The molecule has 1 amide bonds. The number of carbonyl (C=O) groups excluding carboxylic acids is 1. The molecule has 0 fully saturated rings. The molecule has 0 aliphatic carbocycles. The molecule has 0 radical (unpaired) electrons. The molecule has 1 heterocycles. The van der Waals surface area contributed by atoms with Crippen LogP contribution >= 0.6 is 0 Å². The van der Waals surface area contributed by atoms with Gasteiger partial charge in [0.1, 0.15) is 6.54 Å². The van der Waals surface area contributed by atoms with Crippen molar-refractivity contribution in [2.45, 2.75) is 46.1 Å². The van der Waals surface area contributed by atoms with Crippen molar-refractivity contribution in [2.24, 2.45) is 0 Å². The predicted octanol–water partition coefficient (Wildman–Crippen LogP) is 1.41. The summed E-state index contributed by atoms with van der Waals surface area (Å²) in [5.74, 6) is -1.19. The van der Waals surface area contributed by atoms with Gasteiger partial charge in [0.2, 0.25) is 0 Å². The third-order valence-electron chi connectivity index (χ3n) is 2.91. The van der Waals surface area contributed by atoms with Gasteiger partial charge in [-0.3, -0.25) is 9.59 Å². The molecule has 1 aromatic rings. The largest absolute Gasteiger partial charge is 0.480 e. The van der Waals surface area contributed by atoms with Crippen LogP contribution in [0.25, 0.3) is 0 Å². The van der Waals surface area contributed by atoms with Crippen molar-refractivity contribution in [3.8, 4) is 0 Å². The lowest BCUT2D eigenvalue weighted by molar-refractivity contribution is -0.137. The number of nitrogens with zero attached hydrogens (tertiary/aromatic N) is 4. The maximum absolute atomic E-state index is 12.3. The van der Waals surface area contributed by atoms with Gasteiger partial charge in [0.05, 0.1) is 6.20 Å². The second-order valence-electron chi connectivity index (χ2n) is 4.69. The number of carboxylic acids is 1. The fourth-order valence-corrected chi connectivity index (χ4v) is 1.79. The number of hydrogen-bond acceptors (Lipinski definition) is 4. The van der Waals surface area contributed by atoms with Gasteiger partial charge in [0.25, 0.3) is 5.91 Å². The maximum atomic E-state index is 12.3. The van der Waals surface area contributed by atoms with Crippen molar-refractivity contribution < 1.29 is 14.7 Å². The highest BCUT2D eigenvalue weighted by molar-refractivity contribution is 5.92. The Labute approximate surface area is 118 Å². The lowest BCUT2D eigenvalue weighted by atomic mass is 10.2. The molecule has 7 nitrogen and oxygen atoms in total. The molecule has 0 spiro atoms. The van der Waals surface area contributed by atoms with E-state index in [1.165, 1.54) is 6.20 Å². The van der Waals surface area contributed by atoms with E-state index in [0.29, 0.717) is 13.1 Å². The molecule has 7 heteroatoms. The minimum Gasteiger partial charge on any atom is -0.480 e. The zero-order valence-electron chi connectivity index (χ0n) is 12.1. The van der Waals surface area contributed by atoms with E-state index in [2.05, 4.69) is 24.2 Å². The number of aliphatic carboxylic acids is 1. The summed E-state index contributed by atoms with van der Waals surface area (Å²) in [6.45, 7) is 5.25. The van der Waals surface area contributed by atoms with E-state index >= 15 is 0 Å². The van der Waals surface area contributed by atoms with E-state index < -0.39 is 5.97 Å². The predicted molar refractivity (Wildman–Crippen MR) is 73.4 cm³/mol. The average molecular weight is 282 g/mol. The fourth-order valence-electron chi connectivity index (χ4n) is 1.79. The topological polar surface area (TPSA) is 88.3 Å². The van der Waals surface area contributed by atoms with Crippen LogP contribution in [-0.4, -0.2) is 50.0 Å². The van der Waals surface area contributed by atoms with Gasteiger partial charge in [-0.05, 0) is 12.8 Å². The summed E-state index contributed by atoms with van der Waals surface area (Å²) in [6, 6.07) is 0. The molecule has 112 valence electrons. The summed E-state index contributed by atoms with van der Waals surface area (Å²) >= 11 is 0. The minimum absolute atomic E-state index is 0.177. The molecule has 0 aliphatic rings. The molecule has 0 saturated heterocycles. The monoisotopic (exact) mass is 282 g/mol. The van der Waals surface area contributed by atoms with E-state index in [1.807, 2.05) is 0 Å². The minimum atomic E-state index is -1.01. The number of hydrogen-bond donors (Lipinski definition) is 1. The lowest BCUT2D eigenvalue weighted by Crippen LogP contribution is -2.33. The molecule has 1 aromatic heterocycles. The van der Waals surface area contributed by atoms with Crippen molar-refractivity contribution in [1.29, 1.82) is 0 Å². The summed E-state index contributed by atoms with van der Waals surface area (Å²) in [4.78, 5) is 24.7. The van der Waals surface area contributed by atoms with Gasteiger partial charge in [-0.25, -0.2) is 4.68 Å². The second kappa shape index (κ2) is 8.29. The van der Waals surface area contributed by atoms with Crippen LogP contribution in [0.5, 0.6) is 0 Å². The Morgan fingerprint density at radius 1 is 1.25 bits per heavy atom. The zero-order chi connectivity index (χ0) is 15.0. The SMILES string of the molecule is CCCCN(CCCC)C(=O)c1cn(CC(=O)O)nn1. The molecule has 0 unspecified atom stereocenters. The standard InChI is InChI=1S/C13H22N4O3/c1-3-5-7-16(8-6-4-2)13(20)11-9-17(15-14-11)10-12(18)19/h9H,3-8,10H2,1-2H3,(H,18,19). The van der Waals surface area contributed by atoms with Gasteiger partial charge >= 0.3 is 5.97 Å². The van der Waals surface area contributed by atoms with Crippen molar-refractivity contribution in [3.05, 3.63) is 11.9 Å². The molecule has 0 aliphatic heterocycles. The summed E-state index contributed by atoms with van der Waals surface area (Å²) in [5.41, 5.74) is 0.207. The van der Waals surface area contributed by atoms with Crippen LogP contribution in [0.3, 0.4) is 0 Å². The first-order chi connectivity index (χ1) is 9.58. The van der Waals surface area contributed by atoms with Crippen LogP contribution in [0.15, 0.2) is 6.20 Å². The summed E-state index contributed by atoms with van der Waals surface area (Å²) in [6.07, 6.45) is 5.31. The Bertz CT molecular complexity index is 437. The molecule has 0 atom stereocenters. The maximum Gasteiger partial charge on any atom is 0.325 e. The first-order valence-electron chi connectivity index (χ1n) is 6.99. The van der Waals surface area contributed by atoms with Crippen LogP contribution in [0.4, 0.5) is 0 Å². The lowest BCUT2D eigenvalue weighted by Gasteiger charge is -2.21.